The Morgan fingerprint density at radius 1 is 1.47 bits per heavy atom. The minimum Gasteiger partial charge on any atom is -0.409 e. The highest BCUT2D eigenvalue weighted by Crippen LogP contribution is 2.08. The number of oxime groups is 1. The molecule has 0 aliphatic rings. The van der Waals surface area contributed by atoms with Crippen LogP contribution in [0.3, 0.4) is 0 Å². The monoisotopic (exact) mass is 237 g/mol. The summed E-state index contributed by atoms with van der Waals surface area (Å²) in [6.45, 7) is 3.10. The average molecular weight is 237 g/mol. The first-order valence-corrected chi connectivity index (χ1v) is 5.59. The highest BCUT2D eigenvalue weighted by molar-refractivity contribution is 5.98. The molecule has 0 aliphatic carbocycles. The van der Waals surface area contributed by atoms with E-state index in [1.165, 1.54) is 0 Å². The lowest BCUT2D eigenvalue weighted by molar-refractivity contribution is 0.183. The van der Waals surface area contributed by atoms with Gasteiger partial charge in [0.1, 0.15) is 0 Å². The second-order valence-corrected chi connectivity index (χ2v) is 3.96. The van der Waals surface area contributed by atoms with Crippen LogP contribution in [0.4, 0.5) is 0 Å². The summed E-state index contributed by atoms with van der Waals surface area (Å²) in [5.74, 6) is 0.109. The molecule has 1 unspecified atom stereocenters. The Hall–Kier alpha value is -1.59. The summed E-state index contributed by atoms with van der Waals surface area (Å²) in [5.41, 5.74) is 7.27. The molecule has 0 radical (unpaired) electrons. The number of nitrogens with zero attached hydrogens (tertiary/aromatic N) is 1. The van der Waals surface area contributed by atoms with E-state index >= 15 is 0 Å². The van der Waals surface area contributed by atoms with Crippen LogP contribution in [0.5, 0.6) is 0 Å². The van der Waals surface area contributed by atoms with Gasteiger partial charge in [0.25, 0.3) is 0 Å². The highest BCUT2D eigenvalue weighted by Gasteiger charge is 2.05. The maximum Gasteiger partial charge on any atom is 0.170 e. The zero-order valence-electron chi connectivity index (χ0n) is 9.93. The van der Waals surface area contributed by atoms with Crippen molar-refractivity contribution in [2.24, 2.45) is 10.9 Å². The predicted octanol–water partition coefficient (Wildman–Crippen LogP) is 0.642. The first kappa shape index (κ1) is 13.5. The minimum absolute atomic E-state index is 0.109. The molecular weight excluding hydrogens is 218 g/mol. The number of aliphatic hydroxyl groups is 1. The van der Waals surface area contributed by atoms with Crippen molar-refractivity contribution in [3.05, 3.63) is 35.4 Å². The smallest absolute Gasteiger partial charge is 0.170 e. The molecule has 0 fully saturated rings. The third kappa shape index (κ3) is 4.42. The number of rotatable bonds is 6. The quantitative estimate of drug-likeness (QED) is 0.192. The molecule has 1 aromatic carbocycles. The Morgan fingerprint density at radius 3 is 2.82 bits per heavy atom. The minimum atomic E-state index is -0.304. The standard InChI is InChI=1S/C12H19N3O2/c1-9(16)6-7-14-8-10-4-2-3-5-11(10)12(13)15-17/h2-5,9,14,16-17H,6-8H2,1H3,(H2,13,15). The van der Waals surface area contributed by atoms with Crippen molar-refractivity contribution in [3.8, 4) is 0 Å². The summed E-state index contributed by atoms with van der Waals surface area (Å²) in [7, 11) is 0. The van der Waals surface area contributed by atoms with Crippen LogP contribution in [0.25, 0.3) is 0 Å². The lowest BCUT2D eigenvalue weighted by atomic mass is 10.1. The average Bonchev–Trinajstić information content (AvgIpc) is 2.34. The van der Waals surface area contributed by atoms with Crippen LogP contribution in [0.2, 0.25) is 0 Å². The molecule has 5 N–H and O–H groups in total. The van der Waals surface area contributed by atoms with Crippen molar-refractivity contribution in [3.63, 3.8) is 0 Å². The Bertz CT molecular complexity index is 378. The van der Waals surface area contributed by atoms with Gasteiger partial charge in [-0.3, -0.25) is 0 Å². The fourth-order valence-corrected chi connectivity index (χ4v) is 1.51. The number of aliphatic hydroxyl groups excluding tert-OH is 1. The first-order valence-electron chi connectivity index (χ1n) is 5.59. The Kier molecular flexibility index (Phi) is 5.45. The van der Waals surface area contributed by atoms with Gasteiger partial charge in [-0.15, -0.1) is 0 Å². The third-order valence-corrected chi connectivity index (χ3v) is 2.46. The molecule has 5 nitrogen and oxygen atoms in total. The maximum atomic E-state index is 9.12. The van der Waals surface area contributed by atoms with E-state index in [1.807, 2.05) is 18.2 Å². The topological polar surface area (TPSA) is 90.9 Å². The molecule has 1 rings (SSSR count). The molecule has 1 aromatic rings. The van der Waals surface area contributed by atoms with E-state index in [1.54, 1.807) is 13.0 Å². The molecule has 17 heavy (non-hydrogen) atoms. The van der Waals surface area contributed by atoms with Crippen molar-refractivity contribution in [2.45, 2.75) is 26.0 Å². The summed E-state index contributed by atoms with van der Waals surface area (Å²) < 4.78 is 0. The van der Waals surface area contributed by atoms with Crippen molar-refractivity contribution >= 4 is 5.84 Å². The third-order valence-electron chi connectivity index (χ3n) is 2.46. The second-order valence-electron chi connectivity index (χ2n) is 3.96. The van der Waals surface area contributed by atoms with Crippen molar-refractivity contribution < 1.29 is 10.3 Å². The fourth-order valence-electron chi connectivity index (χ4n) is 1.51. The molecule has 0 aromatic heterocycles. The molecule has 0 saturated carbocycles. The lowest BCUT2D eigenvalue weighted by Crippen LogP contribution is -2.22. The predicted molar refractivity (Wildman–Crippen MR) is 67.0 cm³/mol. The zero-order chi connectivity index (χ0) is 12.7. The van der Waals surface area contributed by atoms with Crippen molar-refractivity contribution in [2.75, 3.05) is 6.54 Å². The lowest BCUT2D eigenvalue weighted by Gasteiger charge is -2.10. The fraction of sp³-hybridized carbons (Fsp3) is 0.417. The molecule has 0 heterocycles. The van der Waals surface area contributed by atoms with E-state index in [0.717, 1.165) is 17.7 Å². The molecule has 94 valence electrons. The van der Waals surface area contributed by atoms with E-state index < -0.39 is 0 Å². The summed E-state index contributed by atoms with van der Waals surface area (Å²) >= 11 is 0. The molecule has 0 saturated heterocycles. The molecule has 0 amide bonds. The van der Waals surface area contributed by atoms with Gasteiger partial charge in [0.05, 0.1) is 6.10 Å². The normalized spacial score (nSPS) is 13.6. The molecular formula is C12H19N3O2. The van der Waals surface area contributed by atoms with Gasteiger partial charge in [0, 0.05) is 12.1 Å². The Morgan fingerprint density at radius 2 is 2.18 bits per heavy atom. The van der Waals surface area contributed by atoms with Crippen molar-refractivity contribution in [1.82, 2.24) is 5.32 Å². The summed E-state index contributed by atoms with van der Waals surface area (Å²) in [4.78, 5) is 0. The molecule has 0 spiro atoms. The van der Waals surface area contributed by atoms with E-state index in [0.29, 0.717) is 13.0 Å². The van der Waals surface area contributed by atoms with Crippen LogP contribution >= 0.6 is 0 Å². The number of benzene rings is 1. The second kappa shape index (κ2) is 6.88. The number of hydrogen-bond acceptors (Lipinski definition) is 4. The Balaban J connectivity index is 2.58. The van der Waals surface area contributed by atoms with Gasteiger partial charge in [0.15, 0.2) is 5.84 Å². The molecule has 0 aliphatic heterocycles. The number of nitrogens with two attached hydrogens (primary N) is 1. The van der Waals surface area contributed by atoms with Gasteiger partial charge in [-0.25, -0.2) is 0 Å². The zero-order valence-corrected chi connectivity index (χ0v) is 9.93. The van der Waals surface area contributed by atoms with Gasteiger partial charge >= 0.3 is 0 Å². The van der Waals surface area contributed by atoms with Crippen molar-refractivity contribution in [1.29, 1.82) is 0 Å². The van der Waals surface area contributed by atoms with E-state index in [4.69, 9.17) is 16.0 Å². The van der Waals surface area contributed by atoms with Crippen LogP contribution in [-0.4, -0.2) is 28.8 Å². The van der Waals surface area contributed by atoms with E-state index in [-0.39, 0.29) is 11.9 Å². The van der Waals surface area contributed by atoms with Crippen LogP contribution in [0, 0.1) is 0 Å². The summed E-state index contributed by atoms with van der Waals surface area (Å²) in [6, 6.07) is 7.47. The van der Waals surface area contributed by atoms with Gasteiger partial charge < -0.3 is 21.4 Å². The van der Waals surface area contributed by atoms with Gasteiger partial charge in [0.2, 0.25) is 0 Å². The molecule has 1 atom stereocenters. The molecule has 0 bridgehead atoms. The van der Waals surface area contributed by atoms with E-state index in [9.17, 15) is 0 Å². The summed E-state index contributed by atoms with van der Waals surface area (Å²) in [5, 5.41) is 24.0. The number of nitrogens with one attached hydrogen (secondary N) is 1. The molecule has 5 heteroatoms. The van der Waals surface area contributed by atoms with Gasteiger partial charge in [-0.05, 0) is 25.5 Å². The SMILES string of the molecule is CC(O)CCNCc1ccccc1C(N)=NO. The number of amidine groups is 1. The first-order chi connectivity index (χ1) is 8.15. The van der Waals surface area contributed by atoms with E-state index in [2.05, 4.69) is 10.5 Å². The van der Waals surface area contributed by atoms with Crippen LogP contribution in [0.15, 0.2) is 29.4 Å². The maximum absolute atomic E-state index is 9.12. The Labute approximate surface area is 101 Å². The highest BCUT2D eigenvalue weighted by atomic mass is 16.4. The van der Waals surface area contributed by atoms with Crippen LogP contribution < -0.4 is 11.1 Å². The largest absolute Gasteiger partial charge is 0.409 e. The van der Waals surface area contributed by atoms with Gasteiger partial charge in [-0.2, -0.15) is 0 Å². The summed E-state index contributed by atoms with van der Waals surface area (Å²) in [6.07, 6.45) is 0.396. The van der Waals surface area contributed by atoms with Gasteiger partial charge in [-0.1, -0.05) is 29.4 Å². The number of hydrogen-bond donors (Lipinski definition) is 4. The van der Waals surface area contributed by atoms with Crippen LogP contribution in [-0.2, 0) is 6.54 Å². The van der Waals surface area contributed by atoms with Crippen LogP contribution in [0.1, 0.15) is 24.5 Å².